The molecular formula is C19H28IN5OS. The van der Waals surface area contributed by atoms with E-state index in [-0.39, 0.29) is 24.0 Å². The third-order valence-electron chi connectivity index (χ3n) is 4.43. The molecule has 0 unspecified atom stereocenters. The van der Waals surface area contributed by atoms with E-state index in [2.05, 4.69) is 25.9 Å². The summed E-state index contributed by atoms with van der Waals surface area (Å²) < 4.78 is 5.18. The molecule has 148 valence electrons. The van der Waals surface area contributed by atoms with Crippen molar-refractivity contribution < 1.29 is 4.74 Å². The molecule has 0 amide bonds. The van der Waals surface area contributed by atoms with Gasteiger partial charge < -0.3 is 20.3 Å². The van der Waals surface area contributed by atoms with Gasteiger partial charge in [-0.3, -0.25) is 4.99 Å². The first-order valence-corrected chi connectivity index (χ1v) is 9.93. The summed E-state index contributed by atoms with van der Waals surface area (Å²) >= 11 is 1.75. The molecule has 0 aliphatic carbocycles. The molecule has 1 aromatic carbocycles. The third-order valence-corrected chi connectivity index (χ3v) is 5.38. The largest absolute Gasteiger partial charge is 0.497 e. The van der Waals surface area contributed by atoms with Gasteiger partial charge in [-0.15, -0.1) is 35.3 Å². The smallest absolute Gasteiger partial charge is 0.191 e. The van der Waals surface area contributed by atoms with Crippen LogP contribution in [0.3, 0.4) is 0 Å². The fourth-order valence-electron chi connectivity index (χ4n) is 2.92. The molecule has 1 aromatic heterocycles. The van der Waals surface area contributed by atoms with Gasteiger partial charge in [0.2, 0.25) is 0 Å². The van der Waals surface area contributed by atoms with Gasteiger partial charge in [0.15, 0.2) is 11.1 Å². The summed E-state index contributed by atoms with van der Waals surface area (Å²) in [5.41, 5.74) is 2.33. The Balaban J connectivity index is 0.00000261. The summed E-state index contributed by atoms with van der Waals surface area (Å²) in [5, 5.41) is 10.0. The number of thiazole rings is 1. The number of nitrogens with one attached hydrogen (secondary N) is 2. The van der Waals surface area contributed by atoms with Crippen LogP contribution in [0.1, 0.15) is 24.1 Å². The molecule has 1 aliphatic rings. The predicted octanol–water partition coefficient (Wildman–Crippen LogP) is 3.28. The maximum atomic E-state index is 5.18. The number of halogens is 1. The lowest BCUT2D eigenvalue weighted by atomic mass is 10.2. The molecule has 2 heterocycles. The predicted molar refractivity (Wildman–Crippen MR) is 124 cm³/mol. The van der Waals surface area contributed by atoms with Gasteiger partial charge in [0, 0.05) is 45.0 Å². The molecule has 27 heavy (non-hydrogen) atoms. The SMILES string of the molecule is CN=C(NCCc1csc(N2CCCC2)n1)NCc1ccc(OC)cc1.I. The van der Waals surface area contributed by atoms with Crippen LogP contribution in [0.15, 0.2) is 34.6 Å². The second-order valence-corrected chi connectivity index (χ2v) is 7.10. The summed E-state index contributed by atoms with van der Waals surface area (Å²) in [6.45, 7) is 3.82. The van der Waals surface area contributed by atoms with Crippen LogP contribution in [0.4, 0.5) is 5.13 Å². The van der Waals surface area contributed by atoms with Crippen molar-refractivity contribution in [3.8, 4) is 5.75 Å². The number of hydrogen-bond acceptors (Lipinski definition) is 5. The Labute approximate surface area is 182 Å². The van der Waals surface area contributed by atoms with Crippen LogP contribution in [-0.4, -0.2) is 44.7 Å². The molecule has 0 bridgehead atoms. The first-order valence-electron chi connectivity index (χ1n) is 9.05. The van der Waals surface area contributed by atoms with Crippen LogP contribution >= 0.6 is 35.3 Å². The molecule has 1 saturated heterocycles. The topological polar surface area (TPSA) is 61.8 Å². The minimum absolute atomic E-state index is 0. The summed E-state index contributed by atoms with van der Waals surface area (Å²) in [6, 6.07) is 8.03. The molecule has 2 aromatic rings. The molecule has 0 saturated carbocycles. The average Bonchev–Trinajstić information content (AvgIpc) is 3.36. The van der Waals surface area contributed by atoms with Gasteiger partial charge in [0.1, 0.15) is 5.75 Å². The van der Waals surface area contributed by atoms with Gasteiger partial charge in [-0.2, -0.15) is 0 Å². The highest BCUT2D eigenvalue weighted by atomic mass is 127. The summed E-state index contributed by atoms with van der Waals surface area (Å²) in [4.78, 5) is 11.4. The van der Waals surface area contributed by atoms with E-state index in [1.165, 1.54) is 23.5 Å². The van der Waals surface area contributed by atoms with Gasteiger partial charge in [-0.25, -0.2) is 4.98 Å². The Morgan fingerprint density at radius 1 is 1.22 bits per heavy atom. The summed E-state index contributed by atoms with van der Waals surface area (Å²) in [7, 11) is 3.47. The lowest BCUT2D eigenvalue weighted by Crippen LogP contribution is -2.37. The van der Waals surface area contributed by atoms with Gasteiger partial charge in [0.05, 0.1) is 12.8 Å². The normalized spacial score (nSPS) is 14.0. The number of aliphatic imine (C=N–C) groups is 1. The van der Waals surface area contributed by atoms with Crippen molar-refractivity contribution in [3.63, 3.8) is 0 Å². The van der Waals surface area contributed by atoms with E-state index in [0.717, 1.165) is 50.0 Å². The number of hydrogen-bond donors (Lipinski definition) is 2. The third kappa shape index (κ3) is 6.53. The number of guanidine groups is 1. The van der Waals surface area contributed by atoms with E-state index in [9.17, 15) is 0 Å². The van der Waals surface area contributed by atoms with E-state index in [1.807, 2.05) is 24.3 Å². The highest BCUT2D eigenvalue weighted by Crippen LogP contribution is 2.24. The molecule has 6 nitrogen and oxygen atoms in total. The van der Waals surface area contributed by atoms with E-state index in [4.69, 9.17) is 9.72 Å². The fourth-order valence-corrected chi connectivity index (χ4v) is 3.84. The molecule has 0 atom stereocenters. The maximum absolute atomic E-state index is 5.18. The zero-order chi connectivity index (χ0) is 18.2. The fraction of sp³-hybridized carbons (Fsp3) is 0.474. The molecule has 2 N–H and O–H groups in total. The minimum atomic E-state index is 0. The zero-order valence-corrected chi connectivity index (χ0v) is 19.0. The monoisotopic (exact) mass is 501 g/mol. The van der Waals surface area contributed by atoms with Crippen molar-refractivity contribution in [2.24, 2.45) is 4.99 Å². The molecular weight excluding hydrogens is 473 g/mol. The molecule has 0 radical (unpaired) electrons. The molecule has 1 aliphatic heterocycles. The second kappa shape index (κ2) is 11.3. The lowest BCUT2D eigenvalue weighted by molar-refractivity contribution is 0.414. The Morgan fingerprint density at radius 2 is 1.96 bits per heavy atom. The number of aromatic nitrogens is 1. The van der Waals surface area contributed by atoms with Crippen LogP contribution in [0.5, 0.6) is 5.75 Å². The highest BCUT2D eigenvalue weighted by Gasteiger charge is 2.15. The minimum Gasteiger partial charge on any atom is -0.497 e. The van der Waals surface area contributed by atoms with E-state index >= 15 is 0 Å². The van der Waals surface area contributed by atoms with Gasteiger partial charge in [0.25, 0.3) is 0 Å². The van der Waals surface area contributed by atoms with Crippen LogP contribution in [0.2, 0.25) is 0 Å². The van der Waals surface area contributed by atoms with Crippen molar-refractivity contribution in [2.45, 2.75) is 25.8 Å². The second-order valence-electron chi connectivity index (χ2n) is 6.27. The Morgan fingerprint density at radius 3 is 2.63 bits per heavy atom. The summed E-state index contributed by atoms with van der Waals surface area (Å²) in [6.07, 6.45) is 3.47. The zero-order valence-electron chi connectivity index (χ0n) is 15.9. The van der Waals surface area contributed by atoms with Crippen molar-refractivity contribution in [2.75, 3.05) is 38.7 Å². The van der Waals surface area contributed by atoms with E-state index in [1.54, 1.807) is 25.5 Å². The average molecular weight is 501 g/mol. The van der Waals surface area contributed by atoms with Crippen molar-refractivity contribution >= 4 is 46.4 Å². The van der Waals surface area contributed by atoms with Gasteiger partial charge in [-0.1, -0.05) is 12.1 Å². The van der Waals surface area contributed by atoms with E-state index in [0.29, 0.717) is 0 Å². The van der Waals surface area contributed by atoms with Crippen molar-refractivity contribution in [1.82, 2.24) is 15.6 Å². The number of rotatable bonds is 7. The lowest BCUT2D eigenvalue weighted by Gasteiger charge is -2.13. The first-order chi connectivity index (χ1) is 12.8. The van der Waals surface area contributed by atoms with Gasteiger partial charge in [-0.05, 0) is 30.5 Å². The number of nitrogens with zero attached hydrogens (tertiary/aromatic N) is 3. The quantitative estimate of drug-likeness (QED) is 0.347. The number of ether oxygens (including phenoxy) is 1. The molecule has 1 fully saturated rings. The number of anilines is 1. The molecule has 8 heteroatoms. The van der Waals surface area contributed by atoms with Crippen LogP contribution in [0.25, 0.3) is 0 Å². The number of methoxy groups -OCH3 is 1. The Hall–Kier alpha value is -1.55. The maximum Gasteiger partial charge on any atom is 0.191 e. The highest BCUT2D eigenvalue weighted by molar-refractivity contribution is 14.0. The molecule has 3 rings (SSSR count). The standard InChI is InChI=1S/C19H27N5OS.HI/c1-20-18(22-13-15-5-7-17(25-2)8-6-15)21-10-9-16-14-26-19(23-16)24-11-3-4-12-24;/h5-8,14H,3-4,9-13H2,1-2H3,(H2,20,21,22);1H. The molecule has 0 spiro atoms. The number of benzene rings is 1. The Bertz CT molecular complexity index is 713. The van der Waals surface area contributed by atoms with Crippen LogP contribution in [-0.2, 0) is 13.0 Å². The van der Waals surface area contributed by atoms with E-state index < -0.39 is 0 Å². The summed E-state index contributed by atoms with van der Waals surface area (Å²) in [5.74, 6) is 1.67. The van der Waals surface area contributed by atoms with Crippen LogP contribution < -0.4 is 20.3 Å². The van der Waals surface area contributed by atoms with Crippen molar-refractivity contribution in [1.29, 1.82) is 0 Å². The first kappa shape index (κ1) is 21.7. The van der Waals surface area contributed by atoms with Crippen molar-refractivity contribution in [3.05, 3.63) is 40.9 Å². The van der Waals surface area contributed by atoms with Gasteiger partial charge >= 0.3 is 0 Å². The Kier molecular flexibility index (Phi) is 9.12. The van der Waals surface area contributed by atoms with Crippen LogP contribution in [0, 0.1) is 0 Å².